The SMILES string of the molecule is C(=Cc1ccc(-c2nc3ccccc3o2)cc1)c1ccc(-c2nc3ccccc3o2)cc1.Cc1ccc2oc(-c3ccc(-c4nc5cc(C)ccc5o4)s3)nc2c1. The van der Waals surface area contributed by atoms with Crippen LogP contribution in [0.2, 0.25) is 0 Å². The molecule has 11 aromatic rings. The molecule has 0 bridgehead atoms. The Morgan fingerprint density at radius 1 is 0.386 bits per heavy atom. The minimum atomic E-state index is 0.629. The highest BCUT2D eigenvalue weighted by molar-refractivity contribution is 7.18. The van der Waals surface area contributed by atoms with Gasteiger partial charge < -0.3 is 17.7 Å². The third kappa shape index (κ3) is 7.03. The Morgan fingerprint density at radius 3 is 1.21 bits per heavy atom. The van der Waals surface area contributed by atoms with Crippen molar-refractivity contribution < 1.29 is 17.7 Å². The molecule has 57 heavy (non-hydrogen) atoms. The van der Waals surface area contributed by atoms with E-state index in [0.717, 1.165) is 76.4 Å². The van der Waals surface area contributed by atoms with Gasteiger partial charge in [0.05, 0.1) is 9.75 Å². The Labute approximate surface area is 330 Å². The number of fused-ring (bicyclic) bond motifs is 4. The van der Waals surface area contributed by atoms with E-state index in [2.05, 4.69) is 56.4 Å². The Bertz CT molecular complexity index is 2940. The van der Waals surface area contributed by atoms with Crippen LogP contribution in [0, 0.1) is 13.8 Å². The first-order chi connectivity index (χ1) is 28.0. The number of nitrogens with zero attached hydrogens (tertiary/aromatic N) is 4. The first kappa shape index (κ1) is 34.2. The molecule has 0 saturated heterocycles. The van der Waals surface area contributed by atoms with Gasteiger partial charge in [-0.15, -0.1) is 11.3 Å². The molecule has 6 aromatic carbocycles. The minimum absolute atomic E-state index is 0.629. The summed E-state index contributed by atoms with van der Waals surface area (Å²) in [6.45, 7) is 4.10. The third-order valence-electron chi connectivity index (χ3n) is 9.48. The normalized spacial score (nSPS) is 11.6. The van der Waals surface area contributed by atoms with Crippen molar-refractivity contribution >= 4 is 67.9 Å². The van der Waals surface area contributed by atoms with E-state index < -0.39 is 0 Å². The molecule has 5 heterocycles. The number of benzene rings is 6. The highest BCUT2D eigenvalue weighted by atomic mass is 32.1. The smallest absolute Gasteiger partial charge is 0.237 e. The summed E-state index contributed by atoms with van der Waals surface area (Å²) in [6.07, 6.45) is 4.18. The standard InChI is InChI=1S/C28H18N2O2.C20H14N2O2S/c1-3-7-25-23(5-1)29-27(31-25)21-15-11-19(12-16-21)9-10-20-13-17-22(18-14-20)28-30-24-6-2-4-8-26(24)32-28;1-11-3-5-15-13(9-11)21-19(23-15)17-7-8-18(25-17)20-22-14-10-12(2)4-6-16(14)24-20/h1-18H;3-10H,1-2H3. The van der Waals surface area contributed by atoms with Crippen LogP contribution in [0.15, 0.2) is 163 Å². The summed E-state index contributed by atoms with van der Waals surface area (Å²) in [7, 11) is 0. The third-order valence-corrected chi connectivity index (χ3v) is 10.5. The lowest BCUT2D eigenvalue weighted by Gasteiger charge is -1.99. The number of rotatable bonds is 6. The van der Waals surface area contributed by atoms with Crippen LogP contribution in [-0.2, 0) is 0 Å². The fraction of sp³-hybridized carbons (Fsp3) is 0.0417. The second-order valence-corrected chi connectivity index (χ2v) is 14.8. The maximum absolute atomic E-state index is 5.88. The molecule has 274 valence electrons. The van der Waals surface area contributed by atoms with E-state index in [1.54, 1.807) is 11.3 Å². The fourth-order valence-electron chi connectivity index (χ4n) is 6.51. The number of oxazole rings is 4. The molecule has 0 amide bonds. The minimum Gasteiger partial charge on any atom is -0.436 e. The van der Waals surface area contributed by atoms with Gasteiger partial charge in [-0.1, -0.05) is 72.8 Å². The largest absolute Gasteiger partial charge is 0.436 e. The lowest BCUT2D eigenvalue weighted by molar-refractivity contribution is 0.619. The zero-order valence-electron chi connectivity index (χ0n) is 30.8. The van der Waals surface area contributed by atoms with E-state index >= 15 is 0 Å². The van der Waals surface area contributed by atoms with Crippen LogP contribution in [0.3, 0.4) is 0 Å². The Balaban J connectivity index is 0.000000143. The lowest BCUT2D eigenvalue weighted by atomic mass is 10.1. The Morgan fingerprint density at radius 2 is 0.772 bits per heavy atom. The number of para-hydroxylation sites is 4. The summed E-state index contributed by atoms with van der Waals surface area (Å²) < 4.78 is 23.5. The summed E-state index contributed by atoms with van der Waals surface area (Å²) in [5, 5.41) is 0. The van der Waals surface area contributed by atoms with Gasteiger partial charge in [0.25, 0.3) is 0 Å². The molecule has 0 fully saturated rings. The van der Waals surface area contributed by atoms with Crippen LogP contribution in [0.4, 0.5) is 0 Å². The van der Waals surface area contributed by atoms with E-state index in [1.807, 2.05) is 135 Å². The number of hydrogen-bond acceptors (Lipinski definition) is 9. The predicted octanol–water partition coefficient (Wildman–Crippen LogP) is 13.5. The van der Waals surface area contributed by atoms with Gasteiger partial charge in [0.1, 0.15) is 22.1 Å². The monoisotopic (exact) mass is 760 g/mol. The molecule has 0 saturated carbocycles. The molecule has 0 aliphatic rings. The Hall–Kier alpha value is -7.36. The van der Waals surface area contributed by atoms with Crippen molar-refractivity contribution in [1.82, 2.24) is 19.9 Å². The first-order valence-corrected chi connectivity index (χ1v) is 19.2. The Kier molecular flexibility index (Phi) is 8.61. The molecule has 8 nitrogen and oxygen atoms in total. The van der Waals surface area contributed by atoms with Gasteiger partial charge >= 0.3 is 0 Å². The van der Waals surface area contributed by atoms with E-state index in [4.69, 9.17) is 17.7 Å². The van der Waals surface area contributed by atoms with Gasteiger partial charge in [-0.3, -0.25) is 0 Å². The fourth-order valence-corrected chi connectivity index (χ4v) is 7.37. The van der Waals surface area contributed by atoms with Gasteiger partial charge in [-0.2, -0.15) is 0 Å². The van der Waals surface area contributed by atoms with Gasteiger partial charge in [-0.25, -0.2) is 19.9 Å². The van der Waals surface area contributed by atoms with E-state index in [0.29, 0.717) is 23.6 Å². The number of aromatic nitrogens is 4. The van der Waals surface area contributed by atoms with E-state index in [1.165, 1.54) is 11.1 Å². The summed E-state index contributed by atoms with van der Waals surface area (Å²) in [6, 6.07) is 48.0. The zero-order chi connectivity index (χ0) is 38.3. The molecule has 11 rings (SSSR count). The van der Waals surface area contributed by atoms with Crippen molar-refractivity contribution in [2.45, 2.75) is 13.8 Å². The lowest BCUT2D eigenvalue weighted by Crippen LogP contribution is -1.79. The van der Waals surface area contributed by atoms with Gasteiger partial charge in [-0.05, 0) is 121 Å². The highest BCUT2D eigenvalue weighted by Gasteiger charge is 2.16. The molecule has 0 aliphatic carbocycles. The summed E-state index contributed by atoms with van der Waals surface area (Å²) in [4.78, 5) is 20.2. The van der Waals surface area contributed by atoms with Crippen molar-refractivity contribution in [3.8, 4) is 44.4 Å². The summed E-state index contributed by atoms with van der Waals surface area (Å²) in [5.74, 6) is 2.53. The first-order valence-electron chi connectivity index (χ1n) is 18.4. The number of hydrogen-bond donors (Lipinski definition) is 0. The van der Waals surface area contributed by atoms with Gasteiger partial charge in [0.2, 0.25) is 23.6 Å². The number of aryl methyl sites for hydroxylation is 2. The van der Waals surface area contributed by atoms with Crippen LogP contribution in [0.5, 0.6) is 0 Å². The van der Waals surface area contributed by atoms with Crippen molar-refractivity contribution in [2.75, 3.05) is 0 Å². The second kappa shape index (κ2) is 14.4. The molecule has 9 heteroatoms. The molecule has 0 radical (unpaired) electrons. The predicted molar refractivity (Wildman–Crippen MR) is 228 cm³/mol. The zero-order valence-corrected chi connectivity index (χ0v) is 31.7. The topological polar surface area (TPSA) is 104 Å². The maximum atomic E-state index is 5.88. The van der Waals surface area contributed by atoms with Crippen LogP contribution < -0.4 is 0 Å². The molecular weight excluding hydrogens is 729 g/mol. The highest BCUT2D eigenvalue weighted by Crippen LogP contribution is 2.36. The van der Waals surface area contributed by atoms with Crippen molar-refractivity contribution in [3.05, 3.63) is 168 Å². The molecule has 0 aliphatic heterocycles. The summed E-state index contributed by atoms with van der Waals surface area (Å²) >= 11 is 1.57. The van der Waals surface area contributed by atoms with Gasteiger partial charge in [0.15, 0.2) is 22.3 Å². The molecular formula is C48H32N4O4S. The van der Waals surface area contributed by atoms with E-state index in [-0.39, 0.29) is 0 Å². The van der Waals surface area contributed by atoms with Crippen LogP contribution in [-0.4, -0.2) is 19.9 Å². The quantitative estimate of drug-likeness (QED) is 0.154. The molecule has 0 N–H and O–H groups in total. The molecule has 0 unspecified atom stereocenters. The average Bonchev–Trinajstić information content (AvgIpc) is 4.09. The van der Waals surface area contributed by atoms with Crippen LogP contribution >= 0.6 is 11.3 Å². The van der Waals surface area contributed by atoms with Crippen molar-refractivity contribution in [2.24, 2.45) is 0 Å². The molecule has 0 atom stereocenters. The average molecular weight is 761 g/mol. The van der Waals surface area contributed by atoms with Crippen molar-refractivity contribution in [3.63, 3.8) is 0 Å². The summed E-state index contributed by atoms with van der Waals surface area (Å²) in [5.41, 5.74) is 13.1. The number of thiophene rings is 1. The van der Waals surface area contributed by atoms with Crippen LogP contribution in [0.25, 0.3) is 101 Å². The van der Waals surface area contributed by atoms with Gasteiger partial charge in [0, 0.05) is 11.1 Å². The molecule has 0 spiro atoms. The molecule has 5 aromatic heterocycles. The van der Waals surface area contributed by atoms with E-state index in [9.17, 15) is 0 Å². The maximum Gasteiger partial charge on any atom is 0.237 e. The van der Waals surface area contributed by atoms with Crippen LogP contribution in [0.1, 0.15) is 22.3 Å². The van der Waals surface area contributed by atoms with Crippen molar-refractivity contribution in [1.29, 1.82) is 0 Å². The second-order valence-electron chi connectivity index (χ2n) is 13.7.